The van der Waals surface area contributed by atoms with Crippen molar-refractivity contribution >= 4 is 28.0 Å². The normalized spacial score (nSPS) is 10.4. The largest absolute Gasteiger partial charge is 0.224 e. The predicted octanol–water partition coefficient (Wildman–Crippen LogP) is 3.82. The molecule has 1 rings (SSSR count). The van der Waals surface area contributed by atoms with Crippen LogP contribution in [0.4, 0.5) is 0 Å². The summed E-state index contributed by atoms with van der Waals surface area (Å²) in [5.74, 6) is 0. The van der Waals surface area contributed by atoms with Crippen LogP contribution in [-0.2, 0) is 9.22 Å². The fraction of sp³-hybridized carbons (Fsp3) is 0.400. The van der Waals surface area contributed by atoms with Gasteiger partial charge in [-0.2, -0.15) is 4.33 Å². The van der Waals surface area contributed by atoms with E-state index in [-0.39, 0.29) is 0 Å². The van der Waals surface area contributed by atoms with Gasteiger partial charge in [0.1, 0.15) is 0 Å². The number of benzene rings is 1. The van der Waals surface area contributed by atoms with E-state index in [1.807, 2.05) is 30.3 Å². The maximum Gasteiger partial charge on any atom is 0.0835 e. The molecule has 0 bridgehead atoms. The lowest BCUT2D eigenvalue weighted by molar-refractivity contribution is -0.191. The van der Waals surface area contributed by atoms with Gasteiger partial charge in [-0.15, -0.1) is 0 Å². The molecule has 2 nitrogen and oxygen atoms in total. The molecule has 0 unspecified atom stereocenters. The quantitative estimate of drug-likeness (QED) is 0.248. The van der Waals surface area contributed by atoms with Crippen molar-refractivity contribution in [3.8, 4) is 0 Å². The minimum absolute atomic E-state index is 0.644. The Morgan fingerprint density at radius 3 is 2.64 bits per heavy atom. The summed E-state index contributed by atoms with van der Waals surface area (Å²) in [6, 6.07) is 9.87. The molecule has 0 fully saturated rings. The van der Waals surface area contributed by atoms with Gasteiger partial charge in [0, 0.05) is 10.2 Å². The van der Waals surface area contributed by atoms with Crippen LogP contribution in [0.5, 0.6) is 0 Å². The molecule has 1 aromatic rings. The lowest BCUT2D eigenvalue weighted by Crippen LogP contribution is -1.91. The first-order chi connectivity index (χ1) is 6.93. The zero-order valence-electron chi connectivity index (χ0n) is 7.82. The SMILES string of the molecule is BrCCCCOOSc1ccccc1. The van der Waals surface area contributed by atoms with Gasteiger partial charge in [0.2, 0.25) is 0 Å². The van der Waals surface area contributed by atoms with E-state index < -0.39 is 0 Å². The Morgan fingerprint density at radius 1 is 1.14 bits per heavy atom. The minimum Gasteiger partial charge on any atom is -0.224 e. The van der Waals surface area contributed by atoms with Crippen LogP contribution in [0.1, 0.15) is 12.8 Å². The summed E-state index contributed by atoms with van der Waals surface area (Å²) >= 11 is 4.60. The van der Waals surface area contributed by atoms with E-state index in [1.54, 1.807) is 0 Å². The number of hydrogen-bond donors (Lipinski definition) is 0. The van der Waals surface area contributed by atoms with Crippen molar-refractivity contribution in [1.29, 1.82) is 0 Å². The second-order valence-corrected chi connectivity index (χ2v) is 4.25. The Balaban J connectivity index is 1.99. The van der Waals surface area contributed by atoms with Crippen LogP contribution in [0, 0.1) is 0 Å². The van der Waals surface area contributed by atoms with Crippen LogP contribution in [-0.4, -0.2) is 11.9 Å². The van der Waals surface area contributed by atoms with E-state index in [9.17, 15) is 0 Å². The highest BCUT2D eigenvalue weighted by Gasteiger charge is 1.93. The first-order valence-electron chi connectivity index (χ1n) is 4.50. The van der Waals surface area contributed by atoms with Crippen LogP contribution in [0.3, 0.4) is 0 Å². The third-order valence-corrected chi connectivity index (χ3v) is 2.72. The summed E-state index contributed by atoms with van der Waals surface area (Å²) in [5, 5.41) is 1.02. The molecule has 0 saturated heterocycles. The number of rotatable bonds is 7. The summed E-state index contributed by atoms with van der Waals surface area (Å²) in [4.78, 5) is 6.03. The predicted molar refractivity (Wildman–Crippen MR) is 62.4 cm³/mol. The van der Waals surface area contributed by atoms with Crippen LogP contribution < -0.4 is 0 Å². The monoisotopic (exact) mass is 276 g/mol. The van der Waals surface area contributed by atoms with Crippen molar-refractivity contribution in [2.45, 2.75) is 17.7 Å². The first-order valence-corrected chi connectivity index (χ1v) is 6.37. The molecule has 0 aliphatic rings. The smallest absolute Gasteiger partial charge is 0.0835 e. The molecular formula is C10H13BrO2S. The van der Waals surface area contributed by atoms with Crippen molar-refractivity contribution in [3.05, 3.63) is 30.3 Å². The van der Waals surface area contributed by atoms with E-state index >= 15 is 0 Å². The molecule has 0 radical (unpaired) electrons. The molecular weight excluding hydrogens is 264 g/mol. The Kier molecular flexibility index (Phi) is 7.13. The van der Waals surface area contributed by atoms with Gasteiger partial charge in [-0.05, 0) is 25.0 Å². The molecule has 0 aliphatic heterocycles. The molecule has 0 N–H and O–H groups in total. The molecule has 0 saturated carbocycles. The van der Waals surface area contributed by atoms with Gasteiger partial charge in [-0.3, -0.25) is 0 Å². The molecule has 1 aromatic carbocycles. The third-order valence-electron chi connectivity index (χ3n) is 1.53. The van der Waals surface area contributed by atoms with Gasteiger partial charge in [-0.25, -0.2) is 4.89 Å². The topological polar surface area (TPSA) is 18.5 Å². The Labute approximate surface area is 97.2 Å². The molecule has 14 heavy (non-hydrogen) atoms. The molecule has 4 heteroatoms. The summed E-state index contributed by atoms with van der Waals surface area (Å²) in [5.41, 5.74) is 0. The van der Waals surface area contributed by atoms with Gasteiger partial charge >= 0.3 is 0 Å². The van der Waals surface area contributed by atoms with Crippen LogP contribution >= 0.6 is 28.0 Å². The molecule has 0 aromatic heterocycles. The van der Waals surface area contributed by atoms with Gasteiger partial charge < -0.3 is 0 Å². The zero-order valence-corrected chi connectivity index (χ0v) is 10.2. The van der Waals surface area contributed by atoms with Crippen LogP contribution in [0.15, 0.2) is 35.2 Å². The van der Waals surface area contributed by atoms with E-state index in [0.29, 0.717) is 6.61 Å². The lowest BCUT2D eigenvalue weighted by Gasteiger charge is -2.01. The summed E-state index contributed by atoms with van der Waals surface area (Å²) in [6.07, 6.45) is 2.12. The fourth-order valence-electron chi connectivity index (χ4n) is 0.829. The molecule has 78 valence electrons. The van der Waals surface area contributed by atoms with Gasteiger partial charge in [0.25, 0.3) is 0 Å². The zero-order chi connectivity index (χ0) is 10.1. The second-order valence-electron chi connectivity index (χ2n) is 2.68. The maximum atomic E-state index is 4.98. The maximum absolute atomic E-state index is 4.98. The molecule has 0 aliphatic carbocycles. The van der Waals surface area contributed by atoms with Crippen molar-refractivity contribution in [2.24, 2.45) is 0 Å². The highest BCUT2D eigenvalue weighted by Crippen LogP contribution is 2.18. The number of alkyl halides is 1. The van der Waals surface area contributed by atoms with Crippen molar-refractivity contribution < 1.29 is 9.22 Å². The average molecular weight is 277 g/mol. The van der Waals surface area contributed by atoms with Crippen LogP contribution in [0.2, 0.25) is 0 Å². The van der Waals surface area contributed by atoms with Gasteiger partial charge in [-0.1, -0.05) is 34.1 Å². The Bertz CT molecular complexity index is 231. The van der Waals surface area contributed by atoms with Crippen molar-refractivity contribution in [3.63, 3.8) is 0 Å². The molecule has 0 spiro atoms. The first kappa shape index (κ1) is 12.0. The summed E-state index contributed by atoms with van der Waals surface area (Å²) in [7, 11) is 0. The lowest BCUT2D eigenvalue weighted by atomic mass is 10.4. The van der Waals surface area contributed by atoms with E-state index in [1.165, 1.54) is 12.0 Å². The number of halogens is 1. The third kappa shape index (κ3) is 5.65. The molecule has 0 heterocycles. The average Bonchev–Trinajstić information content (AvgIpc) is 2.25. The second kappa shape index (κ2) is 8.29. The summed E-state index contributed by atoms with van der Waals surface area (Å²) in [6.45, 7) is 0.644. The standard InChI is InChI=1S/C10H13BrO2S/c11-8-4-5-9-12-13-14-10-6-2-1-3-7-10/h1-3,6-7H,4-5,8-9H2. The highest BCUT2D eigenvalue weighted by atomic mass is 79.9. The van der Waals surface area contributed by atoms with E-state index in [4.69, 9.17) is 9.22 Å². The van der Waals surface area contributed by atoms with E-state index in [0.717, 1.165) is 23.1 Å². The molecule has 0 atom stereocenters. The molecule has 0 amide bonds. The van der Waals surface area contributed by atoms with Crippen LogP contribution in [0.25, 0.3) is 0 Å². The van der Waals surface area contributed by atoms with E-state index in [2.05, 4.69) is 15.9 Å². The fourth-order valence-corrected chi connectivity index (χ4v) is 1.69. The van der Waals surface area contributed by atoms with Crippen molar-refractivity contribution in [1.82, 2.24) is 0 Å². The Hall–Kier alpha value is -0.0300. The highest BCUT2D eigenvalue weighted by molar-refractivity contribution is 9.09. The Morgan fingerprint density at radius 2 is 1.93 bits per heavy atom. The summed E-state index contributed by atoms with van der Waals surface area (Å²) < 4.78 is 4.97. The number of hydrogen-bond acceptors (Lipinski definition) is 3. The van der Waals surface area contributed by atoms with Gasteiger partial charge in [0.15, 0.2) is 0 Å². The van der Waals surface area contributed by atoms with Gasteiger partial charge in [0.05, 0.1) is 18.6 Å². The minimum atomic E-state index is 0.644. The van der Waals surface area contributed by atoms with Crippen molar-refractivity contribution in [2.75, 3.05) is 11.9 Å². The number of unbranched alkanes of at least 4 members (excludes halogenated alkanes) is 1.